The quantitative estimate of drug-likeness (QED) is 0.0593. The molecular formula is C51H46N4O5. The highest BCUT2D eigenvalue weighted by molar-refractivity contribution is 6.15. The maximum absolute atomic E-state index is 14.6. The van der Waals surface area contributed by atoms with Crippen LogP contribution < -0.4 is 0 Å². The van der Waals surface area contributed by atoms with Gasteiger partial charge in [0.15, 0.2) is 5.78 Å². The first-order valence-corrected chi connectivity index (χ1v) is 20.2. The van der Waals surface area contributed by atoms with Crippen LogP contribution in [0.5, 0.6) is 0 Å². The van der Waals surface area contributed by atoms with Gasteiger partial charge in [-0.05, 0) is 135 Å². The van der Waals surface area contributed by atoms with Crippen LogP contribution in [0.25, 0.3) is 65.9 Å². The summed E-state index contributed by atoms with van der Waals surface area (Å²) < 4.78 is 4.58. The predicted octanol–water partition coefficient (Wildman–Crippen LogP) is 11.7. The maximum atomic E-state index is 14.6. The van der Waals surface area contributed by atoms with Crippen molar-refractivity contribution in [2.24, 2.45) is 10.3 Å². The lowest BCUT2D eigenvalue weighted by Crippen LogP contribution is -2.07. The number of aryl methyl sites for hydroxylation is 2. The molecule has 0 aliphatic heterocycles. The summed E-state index contributed by atoms with van der Waals surface area (Å²) in [7, 11) is 0. The maximum Gasteiger partial charge on any atom is 0.331 e. The van der Waals surface area contributed by atoms with Gasteiger partial charge in [0.1, 0.15) is 0 Å². The molecule has 0 N–H and O–H groups in total. The Bertz CT molecular complexity index is 2930. The van der Waals surface area contributed by atoms with E-state index >= 15 is 0 Å². The molecule has 6 aromatic carbocycles. The lowest BCUT2D eigenvalue weighted by Gasteiger charge is -2.15. The van der Waals surface area contributed by atoms with E-state index in [9.17, 15) is 14.4 Å². The Hall–Kier alpha value is -7.13. The van der Waals surface area contributed by atoms with E-state index in [1.165, 1.54) is 13.8 Å². The lowest BCUT2D eigenvalue weighted by molar-refractivity contribution is -0.141. The van der Waals surface area contributed by atoms with Crippen molar-refractivity contribution in [3.05, 3.63) is 143 Å². The molecule has 0 unspecified atom stereocenters. The van der Waals surface area contributed by atoms with Crippen LogP contribution in [0.2, 0.25) is 0 Å². The Morgan fingerprint density at radius 2 is 0.867 bits per heavy atom. The number of carbonyl (C=O) groups excluding carboxylic acids is 3. The van der Waals surface area contributed by atoms with Gasteiger partial charge >= 0.3 is 11.9 Å². The molecular weight excluding hydrogens is 749 g/mol. The minimum absolute atomic E-state index is 0.0274. The second kappa shape index (κ2) is 15.9. The molecule has 9 heteroatoms. The molecule has 0 fully saturated rings. The number of rotatable bonds is 10. The lowest BCUT2D eigenvalue weighted by atomic mass is 9.88. The molecule has 8 rings (SSSR count). The summed E-state index contributed by atoms with van der Waals surface area (Å²) >= 11 is 0. The molecule has 0 spiro atoms. The minimum Gasteiger partial charge on any atom is -0.341 e. The van der Waals surface area contributed by atoms with Crippen molar-refractivity contribution in [2.45, 2.75) is 68.5 Å². The van der Waals surface area contributed by atoms with Crippen LogP contribution in [-0.4, -0.2) is 38.3 Å². The highest BCUT2D eigenvalue weighted by atomic mass is 16.7. The van der Waals surface area contributed by atoms with Crippen molar-refractivity contribution < 1.29 is 24.1 Å². The Morgan fingerprint density at radius 1 is 0.500 bits per heavy atom. The van der Waals surface area contributed by atoms with Gasteiger partial charge in [-0.15, -0.1) is 0 Å². The average molecular weight is 795 g/mol. The summed E-state index contributed by atoms with van der Waals surface area (Å²) in [5, 5.41) is 12.4. The van der Waals surface area contributed by atoms with Crippen LogP contribution >= 0.6 is 0 Å². The van der Waals surface area contributed by atoms with E-state index in [0.717, 1.165) is 101 Å². The number of carbonyl (C=O) groups is 3. The van der Waals surface area contributed by atoms with E-state index in [1.54, 1.807) is 0 Å². The van der Waals surface area contributed by atoms with Crippen LogP contribution in [0.4, 0.5) is 0 Å². The Morgan fingerprint density at radius 3 is 1.23 bits per heavy atom. The summed E-state index contributed by atoms with van der Waals surface area (Å²) in [4.78, 5) is 47.3. The Balaban J connectivity index is 1.17. The van der Waals surface area contributed by atoms with Gasteiger partial charge in [-0.1, -0.05) is 71.0 Å². The van der Waals surface area contributed by atoms with E-state index in [0.29, 0.717) is 22.6 Å². The first kappa shape index (κ1) is 39.7. The Kier molecular flexibility index (Phi) is 10.5. The van der Waals surface area contributed by atoms with E-state index in [4.69, 9.17) is 9.68 Å². The molecule has 9 nitrogen and oxygen atoms in total. The number of ketones is 1. The van der Waals surface area contributed by atoms with Gasteiger partial charge in [0.05, 0.1) is 11.4 Å². The second-order valence-corrected chi connectivity index (χ2v) is 15.2. The van der Waals surface area contributed by atoms with Gasteiger partial charge in [0.2, 0.25) is 0 Å². The number of benzene rings is 6. The van der Waals surface area contributed by atoms with Gasteiger partial charge in [-0.25, -0.2) is 9.59 Å². The molecule has 0 aliphatic rings. The summed E-state index contributed by atoms with van der Waals surface area (Å²) in [5.41, 5.74) is 14.5. The van der Waals surface area contributed by atoms with Crippen molar-refractivity contribution in [1.29, 1.82) is 0 Å². The molecule has 60 heavy (non-hydrogen) atoms. The van der Waals surface area contributed by atoms with Crippen molar-refractivity contribution in [1.82, 2.24) is 9.13 Å². The third kappa shape index (κ3) is 6.96. The number of nitrogens with zero attached hydrogens (tertiary/aromatic N) is 4. The zero-order valence-corrected chi connectivity index (χ0v) is 35.1. The number of aromatic nitrogens is 2. The molecule has 0 atom stereocenters. The molecule has 0 aliphatic carbocycles. The predicted molar refractivity (Wildman–Crippen MR) is 242 cm³/mol. The van der Waals surface area contributed by atoms with Crippen molar-refractivity contribution in [2.75, 3.05) is 0 Å². The first-order valence-electron chi connectivity index (χ1n) is 20.2. The van der Waals surface area contributed by atoms with Gasteiger partial charge in [-0.2, -0.15) is 0 Å². The van der Waals surface area contributed by atoms with Gasteiger partial charge < -0.3 is 18.8 Å². The molecule has 0 saturated heterocycles. The minimum atomic E-state index is -0.465. The van der Waals surface area contributed by atoms with Crippen molar-refractivity contribution >= 4 is 72.8 Å². The highest BCUT2D eigenvalue weighted by Crippen LogP contribution is 2.38. The topological polar surface area (TPSA) is 104 Å². The third-order valence-corrected chi connectivity index (χ3v) is 11.6. The zero-order valence-electron chi connectivity index (χ0n) is 35.1. The molecule has 0 amide bonds. The van der Waals surface area contributed by atoms with Crippen molar-refractivity contribution in [3.8, 4) is 22.3 Å². The number of hydrogen-bond acceptors (Lipinski definition) is 7. The molecule has 0 saturated carbocycles. The Labute approximate surface area is 348 Å². The first-order chi connectivity index (χ1) is 28.9. The second-order valence-electron chi connectivity index (χ2n) is 15.2. The van der Waals surface area contributed by atoms with Crippen LogP contribution in [-0.2, 0) is 32.4 Å². The fraction of sp³-hybridized carbons (Fsp3) is 0.196. The van der Waals surface area contributed by atoms with Crippen LogP contribution in [0.1, 0.15) is 79.7 Å². The van der Waals surface area contributed by atoms with E-state index in [-0.39, 0.29) is 5.78 Å². The normalized spacial score (nSPS) is 12.2. The fourth-order valence-corrected chi connectivity index (χ4v) is 8.58. The molecule has 0 bridgehead atoms. The molecule has 0 radical (unpaired) electrons. The monoisotopic (exact) mass is 794 g/mol. The van der Waals surface area contributed by atoms with E-state index in [1.807, 2.05) is 64.1 Å². The molecule has 300 valence electrons. The molecule has 8 aromatic rings. The summed E-state index contributed by atoms with van der Waals surface area (Å²) in [6, 6.07) is 37.3. The molecule has 2 aromatic heterocycles. The van der Waals surface area contributed by atoms with Crippen LogP contribution in [0, 0.1) is 13.8 Å². The van der Waals surface area contributed by atoms with E-state index < -0.39 is 11.9 Å². The number of hydrogen-bond donors (Lipinski definition) is 0. The van der Waals surface area contributed by atoms with Crippen molar-refractivity contribution in [3.63, 3.8) is 0 Å². The number of fused-ring (bicyclic) bond motifs is 6. The van der Waals surface area contributed by atoms with Gasteiger partial charge in [-0.3, -0.25) is 4.79 Å². The van der Waals surface area contributed by atoms with Crippen LogP contribution in [0.3, 0.4) is 0 Å². The standard InChI is InChI=1S/C51H46N4O5/c1-9-54-47-21-17-35(31(5)52-59-33(7)56)25-43(47)45-27-37(19-23-49(45)54)39-13-11-15-41(29(39)3)51(58)42-16-12-14-40(30(42)4)38-20-24-50-46(28-38)44-26-36(32(6)53-60-34(8)57)18-22-48(44)55(50)10-2/h11-28H,9-10H2,1-8H3. The van der Waals surface area contributed by atoms with Crippen LogP contribution in [0.15, 0.2) is 120 Å². The summed E-state index contributed by atoms with van der Waals surface area (Å²) in [6.07, 6.45) is 0. The smallest absolute Gasteiger partial charge is 0.331 e. The summed E-state index contributed by atoms with van der Waals surface area (Å²) in [5.74, 6) is -0.957. The van der Waals surface area contributed by atoms with E-state index in [2.05, 4.69) is 106 Å². The highest BCUT2D eigenvalue weighted by Gasteiger charge is 2.21. The molecule has 2 heterocycles. The number of oxime groups is 2. The zero-order chi connectivity index (χ0) is 42.4. The summed E-state index contributed by atoms with van der Waals surface area (Å²) in [6.45, 7) is 16.2. The SMILES string of the molecule is CCn1c2ccc(C(C)=NOC(C)=O)cc2c2cc(-c3cccc(C(=O)c4cccc(-c5ccc6c(c5)c5cc(C(C)=NOC(C)=O)ccc5n6CC)c4C)c3C)ccc21. The van der Waals surface area contributed by atoms with Gasteiger partial charge in [0, 0.05) is 81.7 Å². The average Bonchev–Trinajstić information content (AvgIpc) is 3.74. The van der Waals surface area contributed by atoms with Gasteiger partial charge in [0.25, 0.3) is 0 Å². The third-order valence-electron chi connectivity index (χ3n) is 11.6. The fourth-order valence-electron chi connectivity index (χ4n) is 8.58. The largest absolute Gasteiger partial charge is 0.341 e.